The molecule has 2 saturated carbocycles. The van der Waals surface area contributed by atoms with Crippen molar-refractivity contribution in [1.82, 2.24) is 4.31 Å². The summed E-state index contributed by atoms with van der Waals surface area (Å²) in [6.45, 7) is 6.90. The van der Waals surface area contributed by atoms with E-state index in [9.17, 15) is 18.0 Å². The highest BCUT2D eigenvalue weighted by molar-refractivity contribution is 7.90. The number of sulfonamides is 1. The van der Waals surface area contributed by atoms with Gasteiger partial charge < -0.3 is 4.74 Å². The Morgan fingerprint density at radius 3 is 2.50 bits per heavy atom. The lowest BCUT2D eigenvalue weighted by molar-refractivity contribution is -0.156. The number of fused-ring (bicyclic) bond motifs is 1. The summed E-state index contributed by atoms with van der Waals surface area (Å²) in [5, 5.41) is 0. The van der Waals surface area contributed by atoms with Gasteiger partial charge in [0, 0.05) is 12.3 Å². The topological polar surface area (TPSA) is 80.8 Å². The monoisotopic (exact) mass is 329 g/mol. The SMILES string of the molecule is CC(=O)O[C@@H](C)C(=O)N1[C@@H]2C[C@H]3CC[C@]2(CS1(=O)=O)C3(C)C. The molecule has 124 valence electrons. The maximum atomic E-state index is 12.6. The normalized spacial score (nSPS) is 38.6. The van der Waals surface area contributed by atoms with Crippen LogP contribution in [0, 0.1) is 16.7 Å². The van der Waals surface area contributed by atoms with E-state index in [1.165, 1.54) is 13.8 Å². The standard InChI is InChI=1S/C15H23NO5S/c1-9(21-10(2)17)13(18)16-12-7-11-5-6-15(12,14(11,3)4)8-22(16,19)20/h9,11-12H,5-8H2,1-4H3/t9-,11+,12+,15+/m0/s1. The molecule has 1 aliphatic heterocycles. The second-order valence-corrected chi connectivity index (χ2v) is 9.35. The molecule has 7 heteroatoms. The number of carbonyl (C=O) groups excluding carboxylic acids is 2. The number of hydrogen-bond donors (Lipinski definition) is 0. The van der Waals surface area contributed by atoms with E-state index in [1.54, 1.807) is 0 Å². The summed E-state index contributed by atoms with van der Waals surface area (Å²) in [4.78, 5) is 23.6. The molecule has 1 spiro atoms. The minimum absolute atomic E-state index is 0.0344. The van der Waals surface area contributed by atoms with Crippen LogP contribution in [-0.4, -0.2) is 42.5 Å². The van der Waals surface area contributed by atoms with E-state index < -0.39 is 28.0 Å². The summed E-state index contributed by atoms with van der Waals surface area (Å²) in [6, 6.07) is -0.281. The van der Waals surface area contributed by atoms with E-state index in [2.05, 4.69) is 13.8 Å². The molecule has 4 atom stereocenters. The molecule has 0 N–H and O–H groups in total. The van der Waals surface area contributed by atoms with Crippen LogP contribution in [0.2, 0.25) is 0 Å². The van der Waals surface area contributed by atoms with Crippen LogP contribution in [0.5, 0.6) is 0 Å². The maximum absolute atomic E-state index is 12.6. The van der Waals surface area contributed by atoms with Crippen LogP contribution >= 0.6 is 0 Å². The molecule has 0 aromatic carbocycles. The Balaban J connectivity index is 1.97. The lowest BCUT2D eigenvalue weighted by atomic mass is 9.69. The molecule has 1 amide bonds. The lowest BCUT2D eigenvalue weighted by Gasteiger charge is -2.37. The number of esters is 1. The summed E-state index contributed by atoms with van der Waals surface area (Å²) < 4.78 is 31.2. The van der Waals surface area contributed by atoms with Crippen molar-refractivity contribution in [3.05, 3.63) is 0 Å². The van der Waals surface area contributed by atoms with Gasteiger partial charge in [-0.3, -0.25) is 9.59 Å². The summed E-state index contributed by atoms with van der Waals surface area (Å²) in [7, 11) is -3.65. The third kappa shape index (κ3) is 1.80. The molecule has 1 heterocycles. The quantitative estimate of drug-likeness (QED) is 0.714. The fraction of sp³-hybridized carbons (Fsp3) is 0.867. The van der Waals surface area contributed by atoms with Crippen LogP contribution in [0.1, 0.15) is 47.0 Å². The Bertz CT molecular complexity index is 640. The number of ether oxygens (including phenoxy) is 1. The molecule has 0 aromatic heterocycles. The molecule has 0 aromatic rings. The largest absolute Gasteiger partial charge is 0.453 e. The van der Waals surface area contributed by atoms with Gasteiger partial charge in [-0.2, -0.15) is 0 Å². The first-order valence-electron chi connectivity index (χ1n) is 7.76. The van der Waals surface area contributed by atoms with Gasteiger partial charge in [-0.05, 0) is 37.5 Å². The first kappa shape index (κ1) is 15.8. The van der Waals surface area contributed by atoms with Gasteiger partial charge in [0.25, 0.3) is 5.91 Å². The van der Waals surface area contributed by atoms with E-state index in [1.807, 2.05) is 0 Å². The molecule has 2 aliphatic carbocycles. The van der Waals surface area contributed by atoms with Crippen molar-refractivity contribution < 1.29 is 22.7 Å². The average molecular weight is 329 g/mol. The van der Waals surface area contributed by atoms with Gasteiger partial charge in [0.05, 0.1) is 11.8 Å². The maximum Gasteiger partial charge on any atom is 0.303 e. The van der Waals surface area contributed by atoms with Crippen LogP contribution in [0.3, 0.4) is 0 Å². The minimum Gasteiger partial charge on any atom is -0.453 e. The van der Waals surface area contributed by atoms with Gasteiger partial charge >= 0.3 is 5.97 Å². The van der Waals surface area contributed by atoms with Crippen LogP contribution in [-0.2, 0) is 24.3 Å². The number of amides is 1. The van der Waals surface area contributed by atoms with Gasteiger partial charge in [-0.25, -0.2) is 12.7 Å². The molecule has 1 saturated heterocycles. The fourth-order valence-corrected chi connectivity index (χ4v) is 7.65. The molecule has 22 heavy (non-hydrogen) atoms. The highest BCUT2D eigenvalue weighted by Crippen LogP contribution is 2.69. The Kier molecular flexibility index (Phi) is 3.20. The Labute approximate surface area is 131 Å². The van der Waals surface area contributed by atoms with Crippen LogP contribution < -0.4 is 0 Å². The predicted octanol–water partition coefficient (Wildman–Crippen LogP) is 1.30. The van der Waals surface area contributed by atoms with Crippen LogP contribution in [0.15, 0.2) is 0 Å². The van der Waals surface area contributed by atoms with Crippen molar-refractivity contribution in [2.45, 2.75) is 59.1 Å². The van der Waals surface area contributed by atoms with E-state index in [4.69, 9.17) is 4.74 Å². The van der Waals surface area contributed by atoms with Gasteiger partial charge in [0.2, 0.25) is 10.0 Å². The highest BCUT2D eigenvalue weighted by Gasteiger charge is 2.72. The number of nitrogens with zero attached hydrogens (tertiary/aromatic N) is 1. The highest BCUT2D eigenvalue weighted by atomic mass is 32.2. The van der Waals surface area contributed by atoms with E-state index in [0.29, 0.717) is 5.92 Å². The number of rotatable bonds is 2. The van der Waals surface area contributed by atoms with Gasteiger partial charge in [0.1, 0.15) is 0 Å². The second kappa shape index (κ2) is 4.46. The zero-order valence-electron chi connectivity index (χ0n) is 13.5. The Morgan fingerprint density at radius 1 is 1.32 bits per heavy atom. The predicted molar refractivity (Wildman–Crippen MR) is 79.2 cm³/mol. The smallest absolute Gasteiger partial charge is 0.303 e. The van der Waals surface area contributed by atoms with Crippen LogP contribution in [0.4, 0.5) is 0 Å². The average Bonchev–Trinajstić information content (AvgIpc) is 2.83. The fourth-order valence-electron chi connectivity index (χ4n) is 5.06. The Hall–Kier alpha value is -1.11. The van der Waals surface area contributed by atoms with Crippen molar-refractivity contribution in [2.24, 2.45) is 16.7 Å². The molecular weight excluding hydrogens is 306 g/mol. The second-order valence-electron chi connectivity index (χ2n) is 7.51. The molecule has 3 aliphatic rings. The van der Waals surface area contributed by atoms with E-state index >= 15 is 0 Å². The van der Waals surface area contributed by atoms with Crippen LogP contribution in [0.25, 0.3) is 0 Å². The van der Waals surface area contributed by atoms with E-state index in [0.717, 1.165) is 23.6 Å². The number of carbonyl (C=O) groups is 2. The number of hydrogen-bond acceptors (Lipinski definition) is 5. The van der Waals surface area contributed by atoms with E-state index in [-0.39, 0.29) is 22.6 Å². The molecule has 6 nitrogen and oxygen atoms in total. The molecule has 3 rings (SSSR count). The zero-order chi connectivity index (χ0) is 16.5. The van der Waals surface area contributed by atoms with Crippen molar-refractivity contribution in [3.8, 4) is 0 Å². The zero-order valence-corrected chi connectivity index (χ0v) is 14.3. The first-order chi connectivity index (χ1) is 10.0. The van der Waals surface area contributed by atoms with Crippen molar-refractivity contribution >= 4 is 21.9 Å². The van der Waals surface area contributed by atoms with Gasteiger partial charge in [0.15, 0.2) is 6.10 Å². The lowest BCUT2D eigenvalue weighted by Crippen LogP contribution is -2.48. The van der Waals surface area contributed by atoms with Crippen molar-refractivity contribution in [2.75, 3.05) is 5.75 Å². The minimum atomic E-state index is -3.65. The van der Waals surface area contributed by atoms with Gasteiger partial charge in [-0.15, -0.1) is 0 Å². The first-order valence-corrected chi connectivity index (χ1v) is 9.37. The molecule has 2 bridgehead atoms. The molecular formula is C15H23NO5S. The van der Waals surface area contributed by atoms with Crippen molar-refractivity contribution in [1.29, 1.82) is 0 Å². The Morgan fingerprint density at radius 2 is 1.95 bits per heavy atom. The summed E-state index contributed by atoms with van der Waals surface area (Å²) >= 11 is 0. The molecule has 0 unspecified atom stereocenters. The third-order valence-electron chi connectivity index (χ3n) is 6.32. The summed E-state index contributed by atoms with van der Waals surface area (Å²) in [5.74, 6) is -0.708. The van der Waals surface area contributed by atoms with Gasteiger partial charge in [-0.1, -0.05) is 13.8 Å². The molecule has 3 fully saturated rings. The molecule has 0 radical (unpaired) electrons. The summed E-state index contributed by atoms with van der Waals surface area (Å²) in [6.07, 6.45) is 1.54. The third-order valence-corrected chi connectivity index (χ3v) is 8.23. The summed E-state index contributed by atoms with van der Waals surface area (Å²) in [5.41, 5.74) is -0.424. The van der Waals surface area contributed by atoms with Crippen molar-refractivity contribution in [3.63, 3.8) is 0 Å².